The first-order valence-electron chi connectivity index (χ1n) is 26.2. The van der Waals surface area contributed by atoms with Crippen LogP contribution in [-0.4, -0.2) is 76.1 Å². The Morgan fingerprint density at radius 2 is 0.838 bits per heavy atom. The summed E-state index contributed by atoms with van der Waals surface area (Å²) in [5.41, 5.74) is 1.00. The number of ether oxygens (including phenoxy) is 4. The highest BCUT2D eigenvalue weighted by Gasteiger charge is 2.34. The lowest BCUT2D eigenvalue weighted by atomic mass is 10.1. The van der Waals surface area contributed by atoms with Crippen LogP contribution in [0.1, 0.15) is 194 Å². The van der Waals surface area contributed by atoms with E-state index >= 15 is 0 Å². The number of benzene rings is 3. The van der Waals surface area contributed by atoms with Gasteiger partial charge >= 0.3 is 23.9 Å². The number of halogens is 4. The molecule has 2 amide bonds. The second-order valence-electron chi connectivity index (χ2n) is 18.7. The molecule has 2 atom stereocenters. The van der Waals surface area contributed by atoms with Gasteiger partial charge in [-0.2, -0.15) is 15.0 Å². The van der Waals surface area contributed by atoms with Gasteiger partial charge in [0.25, 0.3) is 11.8 Å². The van der Waals surface area contributed by atoms with Crippen LogP contribution in [0.15, 0.2) is 36.4 Å². The lowest BCUT2D eigenvalue weighted by Crippen LogP contribution is -2.37. The highest BCUT2D eigenvalue weighted by atomic mass is 35.5. The number of anilines is 2. The van der Waals surface area contributed by atoms with Crippen molar-refractivity contribution in [3.63, 3.8) is 0 Å². The second-order valence-corrected chi connectivity index (χ2v) is 20.2. The average Bonchev–Trinajstić information content (AvgIpc) is 3.82. The third-order valence-electron chi connectivity index (χ3n) is 12.6. The minimum Gasteiger partial charge on any atom is -0.463 e. The van der Waals surface area contributed by atoms with Crippen LogP contribution in [0.5, 0.6) is 0 Å². The summed E-state index contributed by atoms with van der Waals surface area (Å²) in [5.74, 6) is -5.32. The summed E-state index contributed by atoms with van der Waals surface area (Å²) >= 11 is 26.4. The Morgan fingerprint density at radius 3 is 1.18 bits per heavy atom. The molecule has 0 fully saturated rings. The molecule has 0 aliphatic rings. The predicted octanol–water partition coefficient (Wildman–Crippen LogP) is 14.5. The number of hydrogen-bond acceptors (Lipinski definition) is 12. The molecule has 0 aliphatic carbocycles. The Morgan fingerprint density at radius 1 is 0.514 bits per heavy atom. The van der Waals surface area contributed by atoms with Gasteiger partial charge in [-0.1, -0.05) is 176 Å². The van der Waals surface area contributed by atoms with E-state index in [2.05, 4.69) is 34.7 Å². The largest absolute Gasteiger partial charge is 0.463 e. The Bertz CT molecular complexity index is 2350. The third kappa shape index (κ3) is 19.3. The molecule has 74 heavy (non-hydrogen) atoms. The Hall–Kier alpha value is -4.96. The lowest BCUT2D eigenvalue weighted by molar-refractivity contribution is -0.153. The summed E-state index contributed by atoms with van der Waals surface area (Å²) in [6, 6.07) is 5.82. The zero-order valence-corrected chi connectivity index (χ0v) is 46.7. The predicted molar refractivity (Wildman–Crippen MR) is 292 cm³/mol. The number of esters is 4. The van der Waals surface area contributed by atoms with Gasteiger partial charge in [0.05, 0.1) is 55.8 Å². The molecule has 0 saturated carbocycles. The number of carbonyl (C=O) groups excluding carboxylic acids is 6. The van der Waals surface area contributed by atoms with Crippen molar-refractivity contribution in [1.29, 1.82) is 0 Å². The average molecular weight is 1110 g/mol. The van der Waals surface area contributed by atoms with E-state index in [1.807, 2.05) is 0 Å². The molecule has 0 bridgehead atoms. The SMILES string of the molecule is CCCCCCCCCCCCOC(=O)C(C)OC(=O)c1ccc(Cl)c(NC(=O)C(C(=O)Nc2cc(C(=O)OC(C)C(=O)OCCCCCCCCCCCC)ccc2Cl)n2nc3c(Cl)c(C)c(C)c(Cl)c3n2)c1. The number of nitrogens with one attached hydrogen (secondary N) is 2. The summed E-state index contributed by atoms with van der Waals surface area (Å²) in [4.78, 5) is 81.6. The van der Waals surface area contributed by atoms with E-state index in [-0.39, 0.29) is 66.8 Å². The first-order valence-corrected chi connectivity index (χ1v) is 27.7. The number of hydrogen-bond donors (Lipinski definition) is 2. The molecule has 4 rings (SSSR count). The van der Waals surface area contributed by atoms with E-state index in [0.29, 0.717) is 24.0 Å². The highest BCUT2D eigenvalue weighted by Crippen LogP contribution is 2.35. The van der Waals surface area contributed by atoms with Gasteiger partial charge in [0.15, 0.2) is 12.2 Å². The molecule has 3 aromatic carbocycles. The van der Waals surface area contributed by atoms with Gasteiger partial charge < -0.3 is 29.6 Å². The molecule has 1 heterocycles. The Kier molecular flexibility index (Phi) is 27.0. The van der Waals surface area contributed by atoms with Crippen molar-refractivity contribution in [2.45, 2.75) is 188 Å². The number of rotatable bonds is 33. The molecule has 0 aliphatic heterocycles. The van der Waals surface area contributed by atoms with Crippen molar-refractivity contribution in [3.05, 3.63) is 78.7 Å². The molecule has 4 aromatic rings. The van der Waals surface area contributed by atoms with Crippen LogP contribution >= 0.6 is 46.4 Å². The summed E-state index contributed by atoms with van der Waals surface area (Å²) in [5, 5.41) is 14.3. The summed E-state index contributed by atoms with van der Waals surface area (Å²) in [6.07, 6.45) is 20.1. The fourth-order valence-corrected chi connectivity index (χ4v) is 8.82. The van der Waals surface area contributed by atoms with Crippen LogP contribution < -0.4 is 10.6 Å². The standard InChI is InChI=1S/C55H73Cl4N5O10/c1-7-9-11-13-15-17-19-21-23-25-31-71-52(67)37(5)73-54(69)39-27-29-41(56)43(33-39)60-50(65)49(64-62-47-45(58)35(3)36(4)46(59)48(47)63-64)51(66)61-44-34-40(28-30-42(44)57)55(70)74-38(6)53(68)72-32-26-24-22-20-18-16-14-12-10-8-2/h27-30,33-34,37-38,49H,7-26,31-32H2,1-6H3,(H,60,65)(H,61,66). The molecular weight excluding hydrogens is 1030 g/mol. The normalized spacial score (nSPS) is 12.5. The Labute approximate surface area is 455 Å². The van der Waals surface area contributed by atoms with Crippen LogP contribution in [0.4, 0.5) is 11.4 Å². The first-order chi connectivity index (χ1) is 35.5. The maximum absolute atomic E-state index is 14.4. The third-order valence-corrected chi connectivity index (χ3v) is 14.2. The smallest absolute Gasteiger partial charge is 0.347 e. The van der Waals surface area contributed by atoms with Gasteiger partial charge in [0, 0.05) is 0 Å². The van der Waals surface area contributed by atoms with Gasteiger partial charge in [-0.25, -0.2) is 19.2 Å². The molecule has 0 radical (unpaired) electrons. The number of amides is 2. The van der Waals surface area contributed by atoms with E-state index in [1.54, 1.807) is 13.8 Å². The van der Waals surface area contributed by atoms with Gasteiger partial charge in [0.1, 0.15) is 11.0 Å². The lowest BCUT2D eigenvalue weighted by Gasteiger charge is -2.18. The summed E-state index contributed by atoms with van der Waals surface area (Å²) in [6.45, 7) is 11.0. The van der Waals surface area contributed by atoms with Crippen molar-refractivity contribution >= 4 is 105 Å². The van der Waals surface area contributed by atoms with Crippen molar-refractivity contribution < 1.29 is 47.7 Å². The maximum Gasteiger partial charge on any atom is 0.347 e. The van der Waals surface area contributed by atoms with E-state index in [4.69, 9.17) is 65.4 Å². The number of aromatic nitrogens is 3. The number of carbonyl (C=O) groups is 6. The van der Waals surface area contributed by atoms with Gasteiger partial charge in [-0.15, -0.1) is 0 Å². The molecular formula is C55H73Cl4N5O10. The van der Waals surface area contributed by atoms with E-state index in [1.165, 1.54) is 127 Å². The Balaban J connectivity index is 1.43. The zero-order chi connectivity index (χ0) is 54.2. The minimum atomic E-state index is -1.94. The summed E-state index contributed by atoms with van der Waals surface area (Å²) < 4.78 is 21.5. The fourth-order valence-electron chi connectivity index (χ4n) is 7.96. The fraction of sp³-hybridized carbons (Fsp3) is 0.564. The van der Waals surface area contributed by atoms with Gasteiger partial charge in [0.2, 0.25) is 6.04 Å². The molecule has 15 nitrogen and oxygen atoms in total. The van der Waals surface area contributed by atoms with Crippen LogP contribution in [-0.2, 0) is 38.1 Å². The van der Waals surface area contributed by atoms with Gasteiger partial charge in [-0.3, -0.25) is 9.59 Å². The number of nitrogens with zero attached hydrogens (tertiary/aromatic N) is 3. The summed E-state index contributed by atoms with van der Waals surface area (Å²) in [7, 11) is 0. The van der Waals surface area contributed by atoms with E-state index in [0.717, 1.165) is 43.3 Å². The molecule has 0 saturated heterocycles. The first kappa shape index (κ1) is 61.6. The topological polar surface area (TPSA) is 194 Å². The zero-order valence-electron chi connectivity index (χ0n) is 43.7. The molecule has 406 valence electrons. The molecule has 2 N–H and O–H groups in total. The monoisotopic (exact) mass is 1100 g/mol. The molecule has 0 spiro atoms. The van der Waals surface area contributed by atoms with Crippen LogP contribution in [0, 0.1) is 13.8 Å². The van der Waals surface area contributed by atoms with Crippen molar-refractivity contribution in [2.75, 3.05) is 23.8 Å². The number of unbranched alkanes of at least 4 members (excludes halogenated alkanes) is 18. The molecule has 2 unspecified atom stereocenters. The second kappa shape index (κ2) is 32.5. The molecule has 19 heteroatoms. The van der Waals surface area contributed by atoms with Crippen molar-refractivity contribution in [1.82, 2.24) is 15.0 Å². The molecule has 1 aromatic heterocycles. The van der Waals surface area contributed by atoms with Crippen LogP contribution in [0.3, 0.4) is 0 Å². The van der Waals surface area contributed by atoms with Crippen LogP contribution in [0.2, 0.25) is 20.1 Å². The van der Waals surface area contributed by atoms with E-state index < -0.39 is 53.9 Å². The van der Waals surface area contributed by atoms with E-state index in [9.17, 15) is 28.8 Å². The van der Waals surface area contributed by atoms with Crippen molar-refractivity contribution in [3.8, 4) is 0 Å². The maximum atomic E-state index is 14.4. The highest BCUT2D eigenvalue weighted by molar-refractivity contribution is 6.40. The quantitative estimate of drug-likeness (QED) is 0.0199. The number of fused-ring (bicyclic) bond motifs is 1. The van der Waals surface area contributed by atoms with Gasteiger partial charge in [-0.05, 0) is 88.1 Å². The minimum absolute atomic E-state index is 0.0277. The van der Waals surface area contributed by atoms with Crippen LogP contribution in [0.25, 0.3) is 11.0 Å². The van der Waals surface area contributed by atoms with Crippen molar-refractivity contribution in [2.24, 2.45) is 0 Å².